The third kappa shape index (κ3) is 2.96. The van der Waals surface area contributed by atoms with Crippen molar-refractivity contribution < 1.29 is 14.3 Å². The number of amides is 2. The van der Waals surface area contributed by atoms with Crippen LogP contribution in [0, 0.1) is 0 Å². The molecule has 0 aromatic rings. The Balaban J connectivity index is 2.03. The van der Waals surface area contributed by atoms with Gasteiger partial charge in [-0.25, -0.2) is 0 Å². The van der Waals surface area contributed by atoms with Crippen molar-refractivity contribution in [3.05, 3.63) is 0 Å². The number of methoxy groups -OCH3 is 1. The molecule has 6 nitrogen and oxygen atoms in total. The van der Waals surface area contributed by atoms with E-state index in [0.717, 1.165) is 25.8 Å². The van der Waals surface area contributed by atoms with Gasteiger partial charge in [-0.2, -0.15) is 0 Å². The van der Waals surface area contributed by atoms with E-state index in [1.165, 1.54) is 0 Å². The molecule has 0 spiro atoms. The first kappa shape index (κ1) is 15.3. The van der Waals surface area contributed by atoms with E-state index in [1.807, 2.05) is 0 Å². The standard InChI is InChI=1S/C14H25N3O3/c1-16(2)13(19)11-10-15-7-8-17(11)12(18)9-14(20-3)5-4-6-14/h11,15H,4-10H2,1-3H3. The second-order valence-corrected chi connectivity index (χ2v) is 5.96. The van der Waals surface area contributed by atoms with Gasteiger partial charge in [0.2, 0.25) is 11.8 Å². The number of ether oxygens (including phenoxy) is 1. The van der Waals surface area contributed by atoms with Gasteiger partial charge in [-0.1, -0.05) is 0 Å². The van der Waals surface area contributed by atoms with E-state index in [9.17, 15) is 9.59 Å². The smallest absolute Gasteiger partial charge is 0.246 e. The molecule has 1 atom stereocenters. The van der Waals surface area contributed by atoms with Gasteiger partial charge in [0.25, 0.3) is 0 Å². The Hall–Kier alpha value is -1.14. The number of nitrogens with one attached hydrogen (secondary N) is 1. The summed E-state index contributed by atoms with van der Waals surface area (Å²) >= 11 is 0. The van der Waals surface area contributed by atoms with Crippen LogP contribution in [0.2, 0.25) is 0 Å². The maximum Gasteiger partial charge on any atom is 0.246 e. The highest BCUT2D eigenvalue weighted by Crippen LogP contribution is 2.38. The summed E-state index contributed by atoms with van der Waals surface area (Å²) in [7, 11) is 5.12. The number of carbonyl (C=O) groups is 2. The summed E-state index contributed by atoms with van der Waals surface area (Å²) in [6, 6.07) is -0.389. The normalized spacial score (nSPS) is 24.9. The number of nitrogens with zero attached hydrogens (tertiary/aromatic N) is 2. The second-order valence-electron chi connectivity index (χ2n) is 5.96. The number of hydrogen-bond acceptors (Lipinski definition) is 4. The molecule has 1 aliphatic heterocycles. The summed E-state index contributed by atoms with van der Waals surface area (Å²) in [5.41, 5.74) is -0.284. The molecule has 1 aliphatic carbocycles. The van der Waals surface area contributed by atoms with E-state index in [1.54, 1.807) is 31.0 Å². The maximum atomic E-state index is 12.6. The Bertz CT molecular complexity index is 374. The third-order valence-corrected chi connectivity index (χ3v) is 4.46. The molecule has 2 fully saturated rings. The molecule has 1 saturated carbocycles. The number of rotatable bonds is 4. The highest BCUT2D eigenvalue weighted by atomic mass is 16.5. The predicted octanol–water partition coefficient (Wildman–Crippen LogP) is -0.166. The molecule has 6 heteroatoms. The molecule has 114 valence electrons. The van der Waals surface area contributed by atoms with Gasteiger partial charge in [0.1, 0.15) is 6.04 Å². The SMILES string of the molecule is COC1(CC(=O)N2CCNCC2C(=O)N(C)C)CCC1. The number of piperazine rings is 1. The summed E-state index contributed by atoms with van der Waals surface area (Å²) in [6.45, 7) is 1.86. The van der Waals surface area contributed by atoms with E-state index < -0.39 is 0 Å². The van der Waals surface area contributed by atoms with E-state index in [-0.39, 0.29) is 23.5 Å². The van der Waals surface area contributed by atoms with Crippen LogP contribution in [0.1, 0.15) is 25.7 Å². The fraction of sp³-hybridized carbons (Fsp3) is 0.857. The predicted molar refractivity (Wildman–Crippen MR) is 75.3 cm³/mol. The van der Waals surface area contributed by atoms with Crippen molar-refractivity contribution >= 4 is 11.8 Å². The van der Waals surface area contributed by atoms with Crippen molar-refractivity contribution in [2.24, 2.45) is 0 Å². The Labute approximate surface area is 120 Å². The molecule has 0 aromatic carbocycles. The van der Waals surface area contributed by atoms with Crippen molar-refractivity contribution in [2.45, 2.75) is 37.3 Å². The molecule has 20 heavy (non-hydrogen) atoms. The minimum Gasteiger partial charge on any atom is -0.378 e. The Morgan fingerprint density at radius 2 is 2.10 bits per heavy atom. The molecule has 0 aromatic heterocycles. The van der Waals surface area contributed by atoms with Crippen molar-refractivity contribution in [3.63, 3.8) is 0 Å². The fourth-order valence-corrected chi connectivity index (χ4v) is 2.92. The summed E-state index contributed by atoms with van der Waals surface area (Å²) in [5.74, 6) is 0.0128. The summed E-state index contributed by atoms with van der Waals surface area (Å²) in [6.07, 6.45) is 3.38. The molecule has 2 aliphatic rings. The van der Waals surface area contributed by atoms with Gasteiger partial charge in [-0.15, -0.1) is 0 Å². The minimum atomic E-state index is -0.389. The molecule has 1 heterocycles. The van der Waals surface area contributed by atoms with E-state index >= 15 is 0 Å². The van der Waals surface area contributed by atoms with Crippen LogP contribution in [-0.4, -0.2) is 74.1 Å². The van der Waals surface area contributed by atoms with Crippen LogP contribution in [0.25, 0.3) is 0 Å². The Kier molecular flexibility index (Phi) is 4.65. The monoisotopic (exact) mass is 283 g/mol. The average Bonchev–Trinajstić information content (AvgIpc) is 2.41. The van der Waals surface area contributed by atoms with Gasteiger partial charge in [-0.05, 0) is 19.3 Å². The second kappa shape index (κ2) is 6.10. The van der Waals surface area contributed by atoms with Crippen LogP contribution in [0.15, 0.2) is 0 Å². The van der Waals surface area contributed by atoms with Crippen molar-refractivity contribution in [2.75, 3.05) is 40.8 Å². The van der Waals surface area contributed by atoms with Gasteiger partial charge in [0.05, 0.1) is 12.0 Å². The van der Waals surface area contributed by atoms with E-state index in [0.29, 0.717) is 19.5 Å². The molecular formula is C14H25N3O3. The van der Waals surface area contributed by atoms with Crippen LogP contribution >= 0.6 is 0 Å². The van der Waals surface area contributed by atoms with Gasteiger partial charge < -0.3 is 19.9 Å². The van der Waals surface area contributed by atoms with Gasteiger partial charge in [-0.3, -0.25) is 9.59 Å². The number of likely N-dealkylation sites (N-methyl/N-ethyl adjacent to an activating group) is 1. The van der Waals surface area contributed by atoms with Crippen LogP contribution in [0.5, 0.6) is 0 Å². The average molecular weight is 283 g/mol. The lowest BCUT2D eigenvalue weighted by atomic mass is 9.77. The largest absolute Gasteiger partial charge is 0.378 e. The van der Waals surface area contributed by atoms with Crippen molar-refractivity contribution in [3.8, 4) is 0 Å². The summed E-state index contributed by atoms with van der Waals surface area (Å²) < 4.78 is 5.52. The topological polar surface area (TPSA) is 61.9 Å². The molecule has 0 radical (unpaired) electrons. The van der Waals surface area contributed by atoms with E-state index in [2.05, 4.69) is 5.32 Å². The third-order valence-electron chi connectivity index (χ3n) is 4.46. The summed E-state index contributed by atoms with van der Waals surface area (Å²) in [5, 5.41) is 3.19. The lowest BCUT2D eigenvalue weighted by Crippen LogP contribution is -2.60. The van der Waals surface area contributed by atoms with Crippen LogP contribution in [0.3, 0.4) is 0 Å². The molecule has 1 saturated heterocycles. The fourth-order valence-electron chi connectivity index (χ4n) is 2.92. The lowest BCUT2D eigenvalue weighted by molar-refractivity contribution is -0.153. The zero-order valence-corrected chi connectivity index (χ0v) is 12.6. The highest BCUT2D eigenvalue weighted by molar-refractivity contribution is 5.88. The van der Waals surface area contributed by atoms with Gasteiger partial charge in [0, 0.05) is 40.8 Å². The first-order valence-corrected chi connectivity index (χ1v) is 7.25. The van der Waals surface area contributed by atoms with Gasteiger partial charge in [0.15, 0.2) is 0 Å². The zero-order valence-electron chi connectivity index (χ0n) is 12.6. The molecule has 2 rings (SSSR count). The Morgan fingerprint density at radius 3 is 2.60 bits per heavy atom. The minimum absolute atomic E-state index is 0.0226. The van der Waals surface area contributed by atoms with Gasteiger partial charge >= 0.3 is 0 Å². The molecule has 2 amide bonds. The zero-order chi connectivity index (χ0) is 14.8. The van der Waals surface area contributed by atoms with Crippen LogP contribution in [-0.2, 0) is 14.3 Å². The molecule has 1 N–H and O–H groups in total. The maximum absolute atomic E-state index is 12.6. The molecule has 0 bridgehead atoms. The molecular weight excluding hydrogens is 258 g/mol. The highest BCUT2D eigenvalue weighted by Gasteiger charge is 2.42. The van der Waals surface area contributed by atoms with Crippen LogP contribution in [0.4, 0.5) is 0 Å². The van der Waals surface area contributed by atoms with Crippen LogP contribution < -0.4 is 5.32 Å². The quantitative estimate of drug-likeness (QED) is 0.778. The van der Waals surface area contributed by atoms with Crippen molar-refractivity contribution in [1.29, 1.82) is 0 Å². The first-order valence-electron chi connectivity index (χ1n) is 7.25. The number of hydrogen-bond donors (Lipinski definition) is 1. The summed E-state index contributed by atoms with van der Waals surface area (Å²) in [4.78, 5) is 28.0. The first-order chi connectivity index (χ1) is 9.49. The Morgan fingerprint density at radius 1 is 1.40 bits per heavy atom. The van der Waals surface area contributed by atoms with E-state index in [4.69, 9.17) is 4.74 Å². The molecule has 1 unspecified atom stereocenters. The number of carbonyl (C=O) groups excluding carboxylic acids is 2. The lowest BCUT2D eigenvalue weighted by Gasteiger charge is -2.43. The van der Waals surface area contributed by atoms with Crippen molar-refractivity contribution in [1.82, 2.24) is 15.1 Å².